The maximum absolute atomic E-state index is 13.6. The van der Waals surface area contributed by atoms with Crippen LogP contribution in [-0.2, 0) is 6.54 Å². The van der Waals surface area contributed by atoms with Crippen LogP contribution in [0.25, 0.3) is 0 Å². The van der Waals surface area contributed by atoms with Crippen LogP contribution in [0.3, 0.4) is 0 Å². The minimum absolute atomic E-state index is 0.0129. The number of nitrogens with one attached hydrogen (secondary N) is 3. The second-order valence-electron chi connectivity index (χ2n) is 11.0. The van der Waals surface area contributed by atoms with Gasteiger partial charge in [0.15, 0.2) is 0 Å². The van der Waals surface area contributed by atoms with E-state index < -0.39 is 12.3 Å². The number of H-pyrrole nitrogens is 1. The average molecular weight is 586 g/mol. The van der Waals surface area contributed by atoms with E-state index in [0.29, 0.717) is 23.7 Å². The second kappa shape index (κ2) is 13.2. The number of amides is 3. The van der Waals surface area contributed by atoms with E-state index in [1.807, 2.05) is 0 Å². The molecule has 2 fully saturated rings. The number of urea groups is 1. The molecule has 1 heterocycles. The normalized spacial score (nSPS) is 19.6. The maximum Gasteiger partial charge on any atom is 0.573 e. The molecule has 0 aliphatic heterocycles. The molecule has 2 aliphatic rings. The molecule has 2 aliphatic carbocycles. The Morgan fingerprint density at radius 2 is 1.55 bits per heavy atom. The molecule has 13 heteroatoms. The van der Waals surface area contributed by atoms with E-state index in [-0.39, 0.29) is 23.8 Å². The van der Waals surface area contributed by atoms with Crippen molar-refractivity contribution in [1.82, 2.24) is 25.5 Å². The van der Waals surface area contributed by atoms with Crippen LogP contribution in [0.1, 0.15) is 73.7 Å². The molecule has 0 spiro atoms. The minimum atomic E-state index is -4.79. The number of tetrazole rings is 1. The van der Waals surface area contributed by atoms with Gasteiger partial charge in [-0.1, -0.05) is 49.3 Å². The molecule has 0 bridgehead atoms. The first-order valence-corrected chi connectivity index (χ1v) is 14.3. The molecule has 2 aromatic carbocycles. The largest absolute Gasteiger partial charge is 0.573 e. The molecule has 3 N–H and O–H groups in total. The van der Waals surface area contributed by atoms with Gasteiger partial charge in [0.2, 0.25) is 0 Å². The van der Waals surface area contributed by atoms with E-state index in [4.69, 9.17) is 0 Å². The van der Waals surface area contributed by atoms with Gasteiger partial charge >= 0.3 is 12.4 Å². The summed E-state index contributed by atoms with van der Waals surface area (Å²) in [5.74, 6) is 0.766. The summed E-state index contributed by atoms with van der Waals surface area (Å²) >= 11 is 0. The summed E-state index contributed by atoms with van der Waals surface area (Å²) in [6, 6.07) is 11.7. The first-order valence-electron chi connectivity index (χ1n) is 14.3. The molecule has 0 saturated heterocycles. The lowest BCUT2D eigenvalue weighted by Gasteiger charge is -2.40. The van der Waals surface area contributed by atoms with Crippen molar-refractivity contribution in [1.29, 1.82) is 0 Å². The number of rotatable bonds is 8. The predicted molar refractivity (Wildman–Crippen MR) is 149 cm³/mol. The number of ether oxygens (including phenoxy) is 1. The number of alkyl halides is 3. The summed E-state index contributed by atoms with van der Waals surface area (Å²) < 4.78 is 41.6. The predicted octanol–water partition coefficient (Wildman–Crippen LogP) is 6.52. The standard InChI is InChI=1S/C29H34F3N7O3/c30-29(31,32)42-25-16-12-23(13-17-25)33-28(41)39(24-14-10-21(11-15-24)20-4-2-1-3-5-20)18-19-6-8-22(9-7-19)26(40)34-27-35-37-38-36-27/h6-9,12-13,16-17,20-21,24H,1-5,10-11,14-15,18H2,(H,33,41)(H2,34,35,36,37,38,40)/t21-,24+. The number of nitrogens with zero attached hydrogens (tertiary/aromatic N) is 4. The summed E-state index contributed by atoms with van der Waals surface area (Å²) in [5, 5.41) is 18.5. The van der Waals surface area contributed by atoms with Gasteiger partial charge in [-0.2, -0.15) is 5.21 Å². The average Bonchev–Trinajstić information content (AvgIpc) is 3.50. The molecule has 3 amide bonds. The fourth-order valence-corrected chi connectivity index (χ4v) is 6.14. The Labute approximate surface area is 241 Å². The van der Waals surface area contributed by atoms with Crippen LogP contribution in [0.15, 0.2) is 48.5 Å². The molecule has 3 aromatic rings. The van der Waals surface area contributed by atoms with Gasteiger partial charge in [-0.3, -0.25) is 10.1 Å². The first-order chi connectivity index (χ1) is 20.2. The quantitative estimate of drug-likeness (QED) is 0.276. The van der Waals surface area contributed by atoms with Crippen LogP contribution in [0.5, 0.6) is 5.75 Å². The third-order valence-corrected chi connectivity index (χ3v) is 8.24. The Morgan fingerprint density at radius 3 is 2.17 bits per heavy atom. The van der Waals surface area contributed by atoms with Crippen molar-refractivity contribution in [3.8, 4) is 5.75 Å². The Kier molecular flexibility index (Phi) is 9.23. The van der Waals surface area contributed by atoms with Crippen molar-refractivity contribution in [3.05, 3.63) is 59.7 Å². The van der Waals surface area contributed by atoms with Gasteiger partial charge in [0, 0.05) is 23.8 Å². The van der Waals surface area contributed by atoms with Crippen LogP contribution in [0.2, 0.25) is 0 Å². The number of hydrogen-bond donors (Lipinski definition) is 3. The van der Waals surface area contributed by atoms with Gasteiger partial charge in [-0.25, -0.2) is 4.79 Å². The Hall–Kier alpha value is -4.16. The lowest BCUT2D eigenvalue weighted by Crippen LogP contribution is -2.44. The van der Waals surface area contributed by atoms with Gasteiger partial charge in [0.25, 0.3) is 11.9 Å². The second-order valence-corrected chi connectivity index (χ2v) is 11.0. The number of halogens is 3. The lowest BCUT2D eigenvalue weighted by molar-refractivity contribution is -0.274. The van der Waals surface area contributed by atoms with Crippen molar-refractivity contribution >= 4 is 23.6 Å². The zero-order valence-electron chi connectivity index (χ0n) is 23.1. The maximum atomic E-state index is 13.6. The van der Waals surface area contributed by atoms with E-state index in [9.17, 15) is 22.8 Å². The number of aromatic amines is 1. The molecule has 42 heavy (non-hydrogen) atoms. The first kappa shape index (κ1) is 29.3. The van der Waals surface area contributed by atoms with Crippen LogP contribution in [0, 0.1) is 11.8 Å². The topological polar surface area (TPSA) is 125 Å². The highest BCUT2D eigenvalue weighted by Gasteiger charge is 2.33. The monoisotopic (exact) mass is 585 g/mol. The van der Waals surface area contributed by atoms with Crippen molar-refractivity contribution in [2.45, 2.75) is 76.7 Å². The molecule has 224 valence electrons. The zero-order valence-corrected chi connectivity index (χ0v) is 23.1. The van der Waals surface area contributed by atoms with E-state index in [0.717, 1.165) is 37.2 Å². The molecule has 0 radical (unpaired) electrons. The van der Waals surface area contributed by atoms with E-state index in [1.54, 1.807) is 29.2 Å². The van der Waals surface area contributed by atoms with Crippen LogP contribution in [-0.4, -0.2) is 49.9 Å². The van der Waals surface area contributed by atoms with Crippen LogP contribution >= 0.6 is 0 Å². The smallest absolute Gasteiger partial charge is 0.406 e. The molecular weight excluding hydrogens is 551 g/mol. The third kappa shape index (κ3) is 7.98. The molecule has 5 rings (SSSR count). The number of carbonyl (C=O) groups excluding carboxylic acids is 2. The lowest BCUT2D eigenvalue weighted by atomic mass is 9.72. The van der Waals surface area contributed by atoms with E-state index >= 15 is 0 Å². The molecule has 0 unspecified atom stereocenters. The van der Waals surface area contributed by atoms with Crippen molar-refractivity contribution in [3.63, 3.8) is 0 Å². The third-order valence-electron chi connectivity index (χ3n) is 8.24. The van der Waals surface area contributed by atoms with Crippen LogP contribution < -0.4 is 15.4 Å². The Morgan fingerprint density at radius 1 is 0.881 bits per heavy atom. The molecule has 1 aromatic heterocycles. The molecular formula is C29H34F3N7O3. The zero-order chi connectivity index (χ0) is 29.5. The van der Waals surface area contributed by atoms with Gasteiger partial charge < -0.3 is 15.0 Å². The van der Waals surface area contributed by atoms with E-state index in [1.165, 1.54) is 56.4 Å². The fraction of sp³-hybridized carbons (Fsp3) is 0.483. The van der Waals surface area contributed by atoms with Crippen LogP contribution in [0.4, 0.5) is 29.6 Å². The molecule has 0 atom stereocenters. The number of aromatic nitrogens is 4. The highest BCUT2D eigenvalue weighted by molar-refractivity contribution is 6.03. The number of anilines is 2. The summed E-state index contributed by atoms with van der Waals surface area (Å²) in [6.45, 7) is 0.312. The molecule has 2 saturated carbocycles. The summed E-state index contributed by atoms with van der Waals surface area (Å²) in [4.78, 5) is 27.9. The number of hydrogen-bond acceptors (Lipinski definition) is 6. The van der Waals surface area contributed by atoms with Gasteiger partial charge in [0.05, 0.1) is 0 Å². The number of benzene rings is 2. The van der Waals surface area contributed by atoms with Gasteiger partial charge in [0.1, 0.15) is 5.75 Å². The van der Waals surface area contributed by atoms with Gasteiger partial charge in [-0.05, 0) is 84.7 Å². The highest BCUT2D eigenvalue weighted by Crippen LogP contribution is 2.39. The summed E-state index contributed by atoms with van der Waals surface area (Å²) in [6.07, 6.45) is 5.62. The minimum Gasteiger partial charge on any atom is -0.406 e. The van der Waals surface area contributed by atoms with Crippen molar-refractivity contribution in [2.24, 2.45) is 11.8 Å². The Bertz CT molecular complexity index is 1300. The summed E-state index contributed by atoms with van der Waals surface area (Å²) in [7, 11) is 0. The van der Waals surface area contributed by atoms with E-state index in [2.05, 4.69) is 36.0 Å². The van der Waals surface area contributed by atoms with Crippen molar-refractivity contribution < 1.29 is 27.5 Å². The highest BCUT2D eigenvalue weighted by atomic mass is 19.4. The molecule has 10 nitrogen and oxygen atoms in total. The fourth-order valence-electron chi connectivity index (χ4n) is 6.14. The van der Waals surface area contributed by atoms with Gasteiger partial charge in [-0.15, -0.1) is 18.3 Å². The number of carbonyl (C=O) groups is 2. The Balaban J connectivity index is 1.26. The van der Waals surface area contributed by atoms with Crippen molar-refractivity contribution in [2.75, 3.05) is 10.6 Å². The summed E-state index contributed by atoms with van der Waals surface area (Å²) in [5.41, 5.74) is 1.60. The SMILES string of the molecule is O=C(Nc1nn[nH]n1)c1ccc(CN(C(=O)Nc2ccc(OC(F)(F)F)cc2)[C@H]2CC[C@@H](C3CCCCC3)CC2)cc1.